The minimum Gasteiger partial charge on any atom is -0.356 e. The molecule has 5 N–H and O–H groups in total. The highest BCUT2D eigenvalue weighted by Gasteiger charge is 2.32. The number of hydrogen-bond donors (Lipinski definition) is 5. The van der Waals surface area contributed by atoms with Crippen LogP contribution in [0.2, 0.25) is 0 Å². The first-order valence-corrected chi connectivity index (χ1v) is 12.8. The third kappa shape index (κ3) is 7.41. The van der Waals surface area contributed by atoms with Crippen LogP contribution in [0, 0.1) is 17.8 Å². The van der Waals surface area contributed by atoms with E-state index in [4.69, 9.17) is 0 Å². The minimum absolute atomic E-state index is 0.0739. The molecule has 4 atom stereocenters. The number of carbonyl (C=O) groups excluding carboxylic acids is 5. The molecule has 1 aromatic heterocycles. The molecule has 0 bridgehead atoms. The van der Waals surface area contributed by atoms with Crippen molar-refractivity contribution in [2.24, 2.45) is 17.8 Å². The van der Waals surface area contributed by atoms with E-state index in [1.807, 2.05) is 52.0 Å². The number of carbonyl (C=O) groups is 5. The standard InChI is InChI=1S/C27H37N5O5/c1-15(2)11-21(25(35)29-19(14-33)12-18-9-10-28-24(18)34)31-27(37)23(16(3)4)32-26(36)22-13-17-7-5-6-8-20(17)30-22/h5-8,13-16,18-19,21,23,30H,9-12H2,1-4H3,(H,28,34)(H,29,35)(H,31,37)(H,32,36)/t18-,19-,21-,23?/m0/s1. The normalized spacial score (nSPS) is 17.8. The molecule has 200 valence electrons. The predicted octanol–water partition coefficient (Wildman–Crippen LogP) is 1.66. The Morgan fingerprint density at radius 1 is 1.05 bits per heavy atom. The van der Waals surface area contributed by atoms with Gasteiger partial charge >= 0.3 is 0 Å². The number of aromatic amines is 1. The lowest BCUT2D eigenvalue weighted by Crippen LogP contribution is -2.56. The largest absolute Gasteiger partial charge is 0.356 e. The fourth-order valence-electron chi connectivity index (χ4n) is 4.52. The molecular formula is C27H37N5O5. The van der Waals surface area contributed by atoms with Gasteiger partial charge in [-0.1, -0.05) is 45.9 Å². The monoisotopic (exact) mass is 511 g/mol. The van der Waals surface area contributed by atoms with Crippen LogP contribution in [-0.2, 0) is 19.2 Å². The number of H-pyrrole nitrogens is 1. The topological polar surface area (TPSA) is 149 Å². The maximum absolute atomic E-state index is 13.3. The molecule has 10 heteroatoms. The number of amides is 4. The fourth-order valence-corrected chi connectivity index (χ4v) is 4.52. The van der Waals surface area contributed by atoms with Gasteiger partial charge in [0.05, 0.1) is 6.04 Å². The molecule has 2 heterocycles. The Balaban J connectivity index is 1.67. The molecule has 1 aliphatic heterocycles. The zero-order valence-electron chi connectivity index (χ0n) is 21.8. The smallest absolute Gasteiger partial charge is 0.268 e. The molecule has 1 fully saturated rings. The van der Waals surface area contributed by atoms with Crippen molar-refractivity contribution in [3.8, 4) is 0 Å². The molecule has 1 unspecified atom stereocenters. The summed E-state index contributed by atoms with van der Waals surface area (Å²) in [7, 11) is 0. The quantitative estimate of drug-likeness (QED) is 0.275. The van der Waals surface area contributed by atoms with Crippen molar-refractivity contribution in [2.75, 3.05) is 6.54 Å². The SMILES string of the molecule is CC(C)C[C@H](NC(=O)C(NC(=O)c1cc2ccccc2[nH]1)C(C)C)C(=O)N[C@H](C=O)C[C@@H]1CCNC1=O. The summed E-state index contributed by atoms with van der Waals surface area (Å²) in [6, 6.07) is 6.58. The van der Waals surface area contributed by atoms with E-state index in [0.717, 1.165) is 10.9 Å². The second-order valence-electron chi connectivity index (χ2n) is 10.4. The highest BCUT2D eigenvalue weighted by atomic mass is 16.2. The molecule has 10 nitrogen and oxygen atoms in total. The van der Waals surface area contributed by atoms with Crippen LogP contribution in [0.15, 0.2) is 30.3 Å². The van der Waals surface area contributed by atoms with Gasteiger partial charge in [-0.05, 0) is 43.2 Å². The predicted molar refractivity (Wildman–Crippen MR) is 140 cm³/mol. The van der Waals surface area contributed by atoms with Gasteiger partial charge in [-0.25, -0.2) is 0 Å². The second kappa shape index (κ2) is 12.5. The number of rotatable bonds is 12. The molecule has 3 rings (SSSR count). The zero-order valence-corrected chi connectivity index (χ0v) is 21.8. The van der Waals surface area contributed by atoms with E-state index in [2.05, 4.69) is 26.3 Å². The molecule has 0 aliphatic carbocycles. The lowest BCUT2D eigenvalue weighted by Gasteiger charge is -2.27. The summed E-state index contributed by atoms with van der Waals surface area (Å²) in [5.41, 5.74) is 1.15. The number of nitrogens with one attached hydrogen (secondary N) is 5. The van der Waals surface area contributed by atoms with Gasteiger partial charge in [0.25, 0.3) is 5.91 Å². The van der Waals surface area contributed by atoms with Crippen LogP contribution in [0.3, 0.4) is 0 Å². The van der Waals surface area contributed by atoms with Gasteiger partial charge in [0.15, 0.2) is 0 Å². The Morgan fingerprint density at radius 2 is 1.78 bits per heavy atom. The average molecular weight is 512 g/mol. The van der Waals surface area contributed by atoms with E-state index in [1.54, 1.807) is 6.07 Å². The Bertz CT molecular complexity index is 1110. The van der Waals surface area contributed by atoms with Gasteiger partial charge in [-0.3, -0.25) is 19.2 Å². The Morgan fingerprint density at radius 3 is 2.38 bits per heavy atom. The summed E-state index contributed by atoms with van der Waals surface area (Å²) in [6.07, 6.45) is 1.78. The van der Waals surface area contributed by atoms with Crippen molar-refractivity contribution in [1.82, 2.24) is 26.3 Å². The molecular weight excluding hydrogens is 474 g/mol. The van der Waals surface area contributed by atoms with Gasteiger partial charge in [-0.2, -0.15) is 0 Å². The summed E-state index contributed by atoms with van der Waals surface area (Å²) < 4.78 is 0. The van der Waals surface area contributed by atoms with Crippen LogP contribution in [0.5, 0.6) is 0 Å². The van der Waals surface area contributed by atoms with Gasteiger partial charge in [0.1, 0.15) is 24.1 Å². The summed E-state index contributed by atoms with van der Waals surface area (Å²) in [6.45, 7) is 8.01. The third-order valence-corrected chi connectivity index (χ3v) is 6.54. The number of benzene rings is 1. The van der Waals surface area contributed by atoms with E-state index < -0.39 is 35.8 Å². The molecule has 1 aliphatic rings. The third-order valence-electron chi connectivity index (χ3n) is 6.54. The molecule has 2 aromatic rings. The lowest BCUT2D eigenvalue weighted by molar-refractivity contribution is -0.132. The highest BCUT2D eigenvalue weighted by molar-refractivity contribution is 6.00. The van der Waals surface area contributed by atoms with Crippen LogP contribution in [-0.4, -0.2) is 59.6 Å². The van der Waals surface area contributed by atoms with E-state index in [1.165, 1.54) is 0 Å². The van der Waals surface area contributed by atoms with Crippen molar-refractivity contribution in [1.29, 1.82) is 0 Å². The highest BCUT2D eigenvalue weighted by Crippen LogP contribution is 2.17. The first-order chi connectivity index (χ1) is 17.6. The number of aldehydes is 1. The maximum Gasteiger partial charge on any atom is 0.268 e. The van der Waals surface area contributed by atoms with Crippen LogP contribution in [0.1, 0.15) is 57.4 Å². The van der Waals surface area contributed by atoms with Crippen molar-refractivity contribution in [3.05, 3.63) is 36.0 Å². The van der Waals surface area contributed by atoms with Crippen molar-refractivity contribution >= 4 is 40.8 Å². The van der Waals surface area contributed by atoms with Crippen LogP contribution in [0.25, 0.3) is 10.9 Å². The van der Waals surface area contributed by atoms with E-state index in [9.17, 15) is 24.0 Å². The second-order valence-corrected chi connectivity index (χ2v) is 10.4. The fraction of sp³-hybridized carbons (Fsp3) is 0.519. The average Bonchev–Trinajstić information content (AvgIpc) is 3.46. The summed E-state index contributed by atoms with van der Waals surface area (Å²) in [5, 5.41) is 11.8. The lowest BCUT2D eigenvalue weighted by atomic mass is 9.97. The van der Waals surface area contributed by atoms with Gasteiger partial charge in [-0.15, -0.1) is 0 Å². The number of hydrogen-bond acceptors (Lipinski definition) is 5. The van der Waals surface area contributed by atoms with Crippen molar-refractivity contribution < 1.29 is 24.0 Å². The summed E-state index contributed by atoms with van der Waals surface area (Å²) >= 11 is 0. The zero-order chi connectivity index (χ0) is 27.1. The number of para-hydroxylation sites is 1. The summed E-state index contributed by atoms with van der Waals surface area (Å²) in [4.78, 5) is 65.9. The molecule has 0 spiro atoms. The van der Waals surface area contributed by atoms with Crippen molar-refractivity contribution in [3.63, 3.8) is 0 Å². The number of aromatic nitrogens is 1. The Hall–Kier alpha value is -3.69. The minimum atomic E-state index is -0.904. The Labute approximate surface area is 216 Å². The van der Waals surface area contributed by atoms with Crippen LogP contribution < -0.4 is 21.3 Å². The molecule has 0 radical (unpaired) electrons. The first kappa shape index (κ1) is 27.9. The maximum atomic E-state index is 13.3. The summed E-state index contributed by atoms with van der Waals surface area (Å²) in [5.74, 6) is -2.05. The molecule has 1 saturated heterocycles. The molecule has 4 amide bonds. The van der Waals surface area contributed by atoms with E-state index >= 15 is 0 Å². The van der Waals surface area contributed by atoms with E-state index in [-0.39, 0.29) is 30.1 Å². The molecule has 1 aromatic carbocycles. The van der Waals surface area contributed by atoms with Crippen LogP contribution in [0.4, 0.5) is 0 Å². The van der Waals surface area contributed by atoms with Gasteiger partial charge < -0.3 is 31.0 Å². The van der Waals surface area contributed by atoms with Gasteiger partial charge in [0.2, 0.25) is 17.7 Å². The van der Waals surface area contributed by atoms with Crippen LogP contribution >= 0.6 is 0 Å². The number of fused-ring (bicyclic) bond motifs is 1. The first-order valence-electron chi connectivity index (χ1n) is 12.8. The Kier molecular flexibility index (Phi) is 9.43. The van der Waals surface area contributed by atoms with Crippen molar-refractivity contribution in [2.45, 2.75) is 65.1 Å². The van der Waals surface area contributed by atoms with Gasteiger partial charge in [0, 0.05) is 23.4 Å². The molecule has 0 saturated carbocycles. The van der Waals surface area contributed by atoms with E-state index in [0.29, 0.717) is 31.4 Å². The molecule has 37 heavy (non-hydrogen) atoms.